The minimum atomic E-state index is -0.298. The Labute approximate surface area is 154 Å². The van der Waals surface area contributed by atoms with Gasteiger partial charge < -0.3 is 9.64 Å². The van der Waals surface area contributed by atoms with Gasteiger partial charge in [0.15, 0.2) is 0 Å². The molecular formula is C19H27ClN2O3. The van der Waals surface area contributed by atoms with Crippen molar-refractivity contribution < 1.29 is 14.3 Å². The number of esters is 1. The fraction of sp³-hybridized carbons (Fsp3) is 0.579. The van der Waals surface area contributed by atoms with Crippen LogP contribution < -0.4 is 5.32 Å². The second-order valence-corrected chi connectivity index (χ2v) is 6.95. The zero-order valence-electron chi connectivity index (χ0n) is 15.1. The Balaban J connectivity index is 1.85. The van der Waals surface area contributed by atoms with Crippen LogP contribution in [0.4, 0.5) is 0 Å². The van der Waals surface area contributed by atoms with Crippen molar-refractivity contribution in [3.8, 4) is 0 Å². The van der Waals surface area contributed by atoms with Gasteiger partial charge in [0.25, 0.3) is 0 Å². The van der Waals surface area contributed by atoms with E-state index in [-0.39, 0.29) is 29.9 Å². The van der Waals surface area contributed by atoms with E-state index in [9.17, 15) is 9.59 Å². The van der Waals surface area contributed by atoms with Crippen LogP contribution in [-0.2, 0) is 14.3 Å². The lowest BCUT2D eigenvalue weighted by atomic mass is 9.96. The van der Waals surface area contributed by atoms with Crippen LogP contribution in [0.25, 0.3) is 0 Å². The maximum absolute atomic E-state index is 12.7. The van der Waals surface area contributed by atoms with E-state index >= 15 is 0 Å². The maximum atomic E-state index is 12.7. The summed E-state index contributed by atoms with van der Waals surface area (Å²) in [5, 5.41) is 4.02. The molecule has 0 aliphatic carbocycles. The van der Waals surface area contributed by atoms with Crippen LogP contribution in [0.1, 0.15) is 45.2 Å². The van der Waals surface area contributed by atoms with Crippen molar-refractivity contribution in [3.05, 3.63) is 34.9 Å². The number of carbonyl (C=O) groups excluding carboxylic acids is 2. The third kappa shape index (κ3) is 5.44. The zero-order valence-corrected chi connectivity index (χ0v) is 15.9. The standard InChI is InChI=1S/C19H27ClN2O3/c1-4-25-19(24)15-8-10-22(11-9-15)18(23)14(3)21-13(2)16-6-5-7-17(20)12-16/h5-7,12-15,21H,4,8-11H2,1-3H3. The summed E-state index contributed by atoms with van der Waals surface area (Å²) in [4.78, 5) is 26.3. The summed E-state index contributed by atoms with van der Waals surface area (Å²) in [6.07, 6.45) is 1.34. The van der Waals surface area contributed by atoms with Crippen LogP contribution >= 0.6 is 11.6 Å². The first-order valence-corrected chi connectivity index (χ1v) is 9.27. The summed E-state index contributed by atoms with van der Waals surface area (Å²) >= 11 is 6.03. The van der Waals surface area contributed by atoms with Crippen molar-refractivity contribution in [2.24, 2.45) is 5.92 Å². The van der Waals surface area contributed by atoms with Gasteiger partial charge in [-0.15, -0.1) is 0 Å². The Morgan fingerprint density at radius 2 is 2.00 bits per heavy atom. The second kappa shape index (κ2) is 9.20. The van der Waals surface area contributed by atoms with Gasteiger partial charge in [0.1, 0.15) is 0 Å². The molecule has 1 aromatic carbocycles. The lowest BCUT2D eigenvalue weighted by Gasteiger charge is -2.33. The van der Waals surface area contributed by atoms with E-state index in [2.05, 4.69) is 5.32 Å². The number of hydrogen-bond donors (Lipinski definition) is 1. The first-order valence-electron chi connectivity index (χ1n) is 8.89. The molecule has 6 heteroatoms. The van der Waals surface area contributed by atoms with E-state index < -0.39 is 0 Å². The van der Waals surface area contributed by atoms with E-state index in [1.54, 1.807) is 0 Å². The molecule has 1 aliphatic rings. The summed E-state index contributed by atoms with van der Waals surface area (Å²) in [6, 6.07) is 7.36. The second-order valence-electron chi connectivity index (χ2n) is 6.52. The van der Waals surface area contributed by atoms with Gasteiger partial charge in [0.05, 0.1) is 18.6 Å². The highest BCUT2D eigenvalue weighted by molar-refractivity contribution is 6.30. The first kappa shape index (κ1) is 19.7. The van der Waals surface area contributed by atoms with Gasteiger partial charge in [-0.05, 0) is 51.3 Å². The monoisotopic (exact) mass is 366 g/mol. The highest BCUT2D eigenvalue weighted by Gasteiger charge is 2.30. The molecule has 2 unspecified atom stereocenters. The van der Waals surface area contributed by atoms with Gasteiger partial charge in [0.2, 0.25) is 5.91 Å². The molecule has 25 heavy (non-hydrogen) atoms. The smallest absolute Gasteiger partial charge is 0.309 e. The average molecular weight is 367 g/mol. The molecule has 0 bridgehead atoms. The summed E-state index contributed by atoms with van der Waals surface area (Å²) in [5.41, 5.74) is 1.05. The number of nitrogens with zero attached hydrogens (tertiary/aromatic N) is 1. The van der Waals surface area contributed by atoms with Crippen LogP contribution in [0.2, 0.25) is 5.02 Å². The number of amides is 1. The fourth-order valence-corrected chi connectivity index (χ4v) is 3.39. The predicted octanol–water partition coefficient (Wildman–Crippen LogP) is 3.18. The van der Waals surface area contributed by atoms with Crippen LogP contribution in [0.15, 0.2) is 24.3 Å². The zero-order chi connectivity index (χ0) is 18.4. The quantitative estimate of drug-likeness (QED) is 0.785. The molecule has 1 amide bonds. The van der Waals surface area contributed by atoms with Crippen molar-refractivity contribution >= 4 is 23.5 Å². The van der Waals surface area contributed by atoms with Crippen LogP contribution in [0, 0.1) is 5.92 Å². The minimum absolute atomic E-state index is 0.0229. The molecular weight excluding hydrogens is 340 g/mol. The summed E-state index contributed by atoms with van der Waals surface area (Å²) in [6.45, 7) is 7.30. The van der Waals surface area contributed by atoms with Crippen molar-refractivity contribution in [1.82, 2.24) is 10.2 Å². The number of nitrogens with one attached hydrogen (secondary N) is 1. The molecule has 5 nitrogen and oxygen atoms in total. The van der Waals surface area contributed by atoms with E-state index in [1.807, 2.05) is 49.9 Å². The Morgan fingerprint density at radius 3 is 2.60 bits per heavy atom. The SMILES string of the molecule is CCOC(=O)C1CCN(C(=O)C(C)NC(C)c2cccc(Cl)c2)CC1. The molecule has 0 aromatic heterocycles. The number of ether oxygens (including phenoxy) is 1. The van der Waals surface area contributed by atoms with E-state index in [0.717, 1.165) is 5.56 Å². The summed E-state index contributed by atoms with van der Waals surface area (Å²) in [5.74, 6) is -0.163. The Bertz CT molecular complexity index is 600. The fourth-order valence-electron chi connectivity index (χ4n) is 3.19. The molecule has 1 fully saturated rings. The van der Waals surface area contributed by atoms with Gasteiger partial charge in [0, 0.05) is 24.2 Å². The van der Waals surface area contributed by atoms with Crippen LogP contribution in [0.3, 0.4) is 0 Å². The topological polar surface area (TPSA) is 58.6 Å². The number of carbonyl (C=O) groups is 2. The molecule has 1 heterocycles. The Kier molecular flexibility index (Phi) is 7.26. The normalized spacial score (nSPS) is 17.8. The molecule has 1 saturated heterocycles. The van der Waals surface area contributed by atoms with E-state index in [1.165, 1.54) is 0 Å². The highest BCUT2D eigenvalue weighted by Crippen LogP contribution is 2.21. The van der Waals surface area contributed by atoms with Crippen molar-refractivity contribution in [2.45, 2.75) is 45.7 Å². The average Bonchev–Trinajstić information content (AvgIpc) is 2.61. The molecule has 2 rings (SSSR count). The largest absolute Gasteiger partial charge is 0.466 e. The Hall–Kier alpha value is -1.59. The van der Waals surface area contributed by atoms with Gasteiger partial charge in [-0.3, -0.25) is 14.9 Å². The van der Waals surface area contributed by atoms with Crippen molar-refractivity contribution in [2.75, 3.05) is 19.7 Å². The number of benzene rings is 1. The van der Waals surface area contributed by atoms with Crippen molar-refractivity contribution in [3.63, 3.8) is 0 Å². The number of rotatable bonds is 6. The first-order chi connectivity index (χ1) is 11.9. The maximum Gasteiger partial charge on any atom is 0.309 e. The lowest BCUT2D eigenvalue weighted by molar-refractivity contribution is -0.151. The molecule has 2 atom stereocenters. The number of piperidine rings is 1. The Morgan fingerprint density at radius 1 is 1.32 bits per heavy atom. The van der Waals surface area contributed by atoms with Crippen molar-refractivity contribution in [1.29, 1.82) is 0 Å². The van der Waals surface area contributed by atoms with E-state index in [4.69, 9.17) is 16.3 Å². The molecule has 1 N–H and O–H groups in total. The number of likely N-dealkylation sites (tertiary alicyclic amines) is 1. The van der Waals surface area contributed by atoms with Gasteiger partial charge >= 0.3 is 5.97 Å². The summed E-state index contributed by atoms with van der Waals surface area (Å²) < 4.78 is 5.07. The molecule has 0 saturated carbocycles. The minimum Gasteiger partial charge on any atom is -0.466 e. The van der Waals surface area contributed by atoms with Crippen LogP contribution in [0.5, 0.6) is 0 Å². The molecule has 1 aromatic rings. The van der Waals surface area contributed by atoms with Crippen LogP contribution in [-0.4, -0.2) is 42.5 Å². The molecule has 1 aliphatic heterocycles. The molecule has 138 valence electrons. The third-order valence-corrected chi connectivity index (χ3v) is 4.88. The van der Waals surface area contributed by atoms with E-state index in [0.29, 0.717) is 37.6 Å². The molecule has 0 spiro atoms. The third-order valence-electron chi connectivity index (χ3n) is 4.65. The van der Waals surface area contributed by atoms with Gasteiger partial charge in [-0.1, -0.05) is 23.7 Å². The van der Waals surface area contributed by atoms with Gasteiger partial charge in [-0.25, -0.2) is 0 Å². The van der Waals surface area contributed by atoms with Gasteiger partial charge in [-0.2, -0.15) is 0 Å². The summed E-state index contributed by atoms with van der Waals surface area (Å²) in [7, 11) is 0. The lowest BCUT2D eigenvalue weighted by Crippen LogP contribution is -2.49. The molecule has 0 radical (unpaired) electrons. The highest BCUT2D eigenvalue weighted by atomic mass is 35.5. The number of halogens is 1. The number of hydrogen-bond acceptors (Lipinski definition) is 4. The predicted molar refractivity (Wildman–Crippen MR) is 98.4 cm³/mol.